The Morgan fingerprint density at radius 2 is 1.79 bits per heavy atom. The van der Waals surface area contributed by atoms with E-state index in [1.807, 2.05) is 49.4 Å². The summed E-state index contributed by atoms with van der Waals surface area (Å²) in [4.78, 5) is 0. The van der Waals surface area contributed by atoms with Crippen LogP contribution in [-0.2, 0) is 18.5 Å². The van der Waals surface area contributed by atoms with E-state index in [2.05, 4.69) is 12.2 Å². The SMILES string of the molecule is CCc1ccc(CNC(C)(CO)c2ccccc2)o1. The Kier molecular flexibility index (Phi) is 4.40. The molecule has 0 aliphatic rings. The lowest BCUT2D eigenvalue weighted by Crippen LogP contribution is -2.42. The molecular weight excluding hydrogens is 238 g/mol. The highest BCUT2D eigenvalue weighted by molar-refractivity contribution is 5.24. The summed E-state index contributed by atoms with van der Waals surface area (Å²) in [6, 6.07) is 13.9. The van der Waals surface area contributed by atoms with Crippen LogP contribution in [0.3, 0.4) is 0 Å². The van der Waals surface area contributed by atoms with Crippen LogP contribution in [0.4, 0.5) is 0 Å². The van der Waals surface area contributed by atoms with Crippen LogP contribution in [0.15, 0.2) is 46.9 Å². The average Bonchev–Trinajstić information content (AvgIpc) is 2.94. The monoisotopic (exact) mass is 259 g/mol. The maximum Gasteiger partial charge on any atom is 0.117 e. The Morgan fingerprint density at radius 1 is 1.11 bits per heavy atom. The maximum atomic E-state index is 9.68. The van der Waals surface area contributed by atoms with Gasteiger partial charge >= 0.3 is 0 Å². The fourth-order valence-electron chi connectivity index (χ4n) is 2.04. The maximum absolute atomic E-state index is 9.68. The van der Waals surface area contributed by atoms with E-state index < -0.39 is 5.54 Å². The minimum absolute atomic E-state index is 0.0400. The number of benzene rings is 1. The van der Waals surface area contributed by atoms with Crippen molar-refractivity contribution in [3.63, 3.8) is 0 Å². The summed E-state index contributed by atoms with van der Waals surface area (Å²) in [5.41, 5.74) is 0.611. The third-order valence-electron chi connectivity index (χ3n) is 3.45. The molecule has 0 aliphatic carbocycles. The molecule has 2 N–H and O–H groups in total. The van der Waals surface area contributed by atoms with Gasteiger partial charge in [-0.05, 0) is 24.6 Å². The topological polar surface area (TPSA) is 45.4 Å². The summed E-state index contributed by atoms with van der Waals surface area (Å²) >= 11 is 0. The Bertz CT molecular complexity index is 506. The molecular formula is C16H21NO2. The minimum atomic E-state index is -0.458. The van der Waals surface area contributed by atoms with Gasteiger partial charge in [-0.3, -0.25) is 5.32 Å². The number of hydrogen-bond acceptors (Lipinski definition) is 3. The summed E-state index contributed by atoms with van der Waals surface area (Å²) in [5, 5.41) is 13.0. The van der Waals surface area contributed by atoms with E-state index in [0.29, 0.717) is 6.54 Å². The largest absolute Gasteiger partial charge is 0.465 e. The van der Waals surface area contributed by atoms with Crippen LogP contribution >= 0.6 is 0 Å². The molecule has 0 spiro atoms. The summed E-state index contributed by atoms with van der Waals surface area (Å²) in [7, 11) is 0. The molecule has 1 atom stereocenters. The van der Waals surface area contributed by atoms with Crippen molar-refractivity contribution in [2.75, 3.05) is 6.61 Å². The molecule has 0 aliphatic heterocycles. The Balaban J connectivity index is 2.06. The molecule has 1 heterocycles. The van der Waals surface area contributed by atoms with Crippen LogP contribution in [0, 0.1) is 0 Å². The van der Waals surface area contributed by atoms with Crippen molar-refractivity contribution < 1.29 is 9.52 Å². The van der Waals surface area contributed by atoms with Crippen molar-refractivity contribution in [1.29, 1.82) is 0 Å². The molecule has 0 saturated heterocycles. The van der Waals surface area contributed by atoms with Crippen LogP contribution in [-0.4, -0.2) is 11.7 Å². The summed E-state index contributed by atoms with van der Waals surface area (Å²) in [5.74, 6) is 1.88. The lowest BCUT2D eigenvalue weighted by atomic mass is 9.93. The predicted molar refractivity (Wildman–Crippen MR) is 75.8 cm³/mol. The van der Waals surface area contributed by atoms with Gasteiger partial charge in [0.1, 0.15) is 11.5 Å². The number of nitrogens with one attached hydrogen (secondary N) is 1. The van der Waals surface area contributed by atoms with E-state index in [-0.39, 0.29) is 6.61 Å². The fraction of sp³-hybridized carbons (Fsp3) is 0.375. The van der Waals surface area contributed by atoms with Crippen LogP contribution in [0.2, 0.25) is 0 Å². The van der Waals surface area contributed by atoms with Gasteiger partial charge in [-0.1, -0.05) is 37.3 Å². The second kappa shape index (κ2) is 6.04. The number of aryl methyl sites for hydroxylation is 1. The number of furan rings is 1. The van der Waals surface area contributed by atoms with Gasteiger partial charge in [0.15, 0.2) is 0 Å². The molecule has 0 saturated carbocycles. The van der Waals surface area contributed by atoms with E-state index in [9.17, 15) is 5.11 Å². The van der Waals surface area contributed by atoms with Crippen molar-refractivity contribution in [1.82, 2.24) is 5.32 Å². The standard InChI is InChI=1S/C16H21NO2/c1-3-14-9-10-15(19-14)11-17-16(2,12-18)13-7-5-4-6-8-13/h4-10,17-18H,3,11-12H2,1-2H3. The zero-order valence-electron chi connectivity index (χ0n) is 11.5. The first-order chi connectivity index (χ1) is 9.18. The molecule has 102 valence electrons. The number of rotatable bonds is 6. The van der Waals surface area contributed by atoms with Crippen molar-refractivity contribution in [2.24, 2.45) is 0 Å². The van der Waals surface area contributed by atoms with Crippen molar-refractivity contribution >= 4 is 0 Å². The first kappa shape index (κ1) is 13.8. The van der Waals surface area contributed by atoms with Gasteiger partial charge < -0.3 is 9.52 Å². The number of aliphatic hydroxyl groups excluding tert-OH is 1. The predicted octanol–water partition coefficient (Wildman–Crippen LogP) is 2.84. The van der Waals surface area contributed by atoms with Gasteiger partial charge in [0.2, 0.25) is 0 Å². The molecule has 2 rings (SSSR count). The highest BCUT2D eigenvalue weighted by Crippen LogP contribution is 2.21. The molecule has 1 aromatic heterocycles. The second-order valence-corrected chi connectivity index (χ2v) is 4.93. The van der Waals surface area contributed by atoms with E-state index in [1.54, 1.807) is 0 Å². The van der Waals surface area contributed by atoms with Crippen molar-refractivity contribution in [3.05, 3.63) is 59.5 Å². The Hall–Kier alpha value is -1.58. The second-order valence-electron chi connectivity index (χ2n) is 4.93. The van der Waals surface area contributed by atoms with Crippen LogP contribution in [0.25, 0.3) is 0 Å². The Morgan fingerprint density at radius 3 is 2.37 bits per heavy atom. The molecule has 19 heavy (non-hydrogen) atoms. The average molecular weight is 259 g/mol. The van der Waals surface area contributed by atoms with Crippen LogP contribution < -0.4 is 5.32 Å². The van der Waals surface area contributed by atoms with Crippen molar-refractivity contribution in [2.45, 2.75) is 32.4 Å². The summed E-state index contributed by atoms with van der Waals surface area (Å²) < 4.78 is 5.66. The summed E-state index contributed by atoms with van der Waals surface area (Å²) in [6.45, 7) is 4.70. The van der Waals surface area contributed by atoms with E-state index in [4.69, 9.17) is 4.42 Å². The smallest absolute Gasteiger partial charge is 0.117 e. The van der Waals surface area contributed by atoms with Gasteiger partial charge in [-0.2, -0.15) is 0 Å². The number of hydrogen-bond donors (Lipinski definition) is 2. The molecule has 3 nitrogen and oxygen atoms in total. The zero-order chi connectivity index (χ0) is 13.7. The van der Waals surface area contributed by atoms with Gasteiger partial charge in [0, 0.05) is 6.42 Å². The quantitative estimate of drug-likeness (QED) is 0.838. The lowest BCUT2D eigenvalue weighted by molar-refractivity contribution is 0.170. The normalized spacial score (nSPS) is 14.3. The first-order valence-corrected chi connectivity index (χ1v) is 6.67. The van der Waals surface area contributed by atoms with Gasteiger partial charge in [0.25, 0.3) is 0 Å². The van der Waals surface area contributed by atoms with Gasteiger partial charge in [0.05, 0.1) is 18.7 Å². The molecule has 0 bridgehead atoms. The van der Waals surface area contributed by atoms with E-state index >= 15 is 0 Å². The molecule has 3 heteroatoms. The zero-order valence-corrected chi connectivity index (χ0v) is 11.5. The highest BCUT2D eigenvalue weighted by Gasteiger charge is 2.25. The molecule has 1 aromatic carbocycles. The number of aliphatic hydroxyl groups is 1. The van der Waals surface area contributed by atoms with Crippen LogP contribution in [0.5, 0.6) is 0 Å². The lowest BCUT2D eigenvalue weighted by Gasteiger charge is -2.29. The summed E-state index contributed by atoms with van der Waals surface area (Å²) in [6.07, 6.45) is 0.899. The molecule has 0 fully saturated rings. The minimum Gasteiger partial charge on any atom is -0.465 e. The molecule has 1 unspecified atom stereocenters. The van der Waals surface area contributed by atoms with Crippen LogP contribution in [0.1, 0.15) is 30.9 Å². The Labute approximate surface area is 114 Å². The third-order valence-corrected chi connectivity index (χ3v) is 3.45. The molecule has 2 aromatic rings. The fourth-order valence-corrected chi connectivity index (χ4v) is 2.04. The highest BCUT2D eigenvalue weighted by atomic mass is 16.3. The molecule has 0 amide bonds. The van der Waals surface area contributed by atoms with Gasteiger partial charge in [-0.25, -0.2) is 0 Å². The molecule has 0 radical (unpaired) electrons. The van der Waals surface area contributed by atoms with Crippen molar-refractivity contribution in [3.8, 4) is 0 Å². The van der Waals surface area contributed by atoms with E-state index in [1.165, 1.54) is 0 Å². The first-order valence-electron chi connectivity index (χ1n) is 6.67. The van der Waals surface area contributed by atoms with Gasteiger partial charge in [-0.15, -0.1) is 0 Å². The third kappa shape index (κ3) is 3.25. The van der Waals surface area contributed by atoms with E-state index in [0.717, 1.165) is 23.5 Å².